The van der Waals surface area contributed by atoms with Crippen molar-refractivity contribution in [1.29, 1.82) is 0 Å². The van der Waals surface area contributed by atoms with Crippen LogP contribution >= 0.6 is 0 Å². The van der Waals surface area contributed by atoms with Gasteiger partial charge >= 0.3 is 24.1 Å². The molecule has 0 spiro atoms. The number of likely N-dealkylation sites (tertiary alicyclic amines) is 1. The summed E-state index contributed by atoms with van der Waals surface area (Å²) in [4.78, 5) is 65.3. The molecule has 2 aromatic rings. The third-order valence-electron chi connectivity index (χ3n) is 7.79. The monoisotopic (exact) mass is 626 g/mol. The standard InChI is InChI=1S/C32H42N4O9/c1-3-42-29(37)27-17-15-25(19-33-27)35(44-21-23-11-7-5-8-12-23)31(39)34-20-26(16-18-28(34)30(38)43-4-2)36(32(40)41)45-22-24-13-9-6-10-14-24/h5-14,25-28,33H,3-4,15-22H2,1-2H3,(H,40,41)/t25-,26-,27+,28+/m1/s1. The third-order valence-corrected chi connectivity index (χ3v) is 7.79. The number of benzene rings is 2. The van der Waals surface area contributed by atoms with E-state index in [0.717, 1.165) is 16.2 Å². The summed E-state index contributed by atoms with van der Waals surface area (Å²) in [5, 5.41) is 15.3. The van der Waals surface area contributed by atoms with E-state index in [1.807, 2.05) is 60.7 Å². The highest BCUT2D eigenvalue weighted by molar-refractivity contribution is 5.84. The molecule has 0 bridgehead atoms. The second-order valence-corrected chi connectivity index (χ2v) is 10.8. The highest BCUT2D eigenvalue weighted by atomic mass is 16.7. The zero-order valence-electron chi connectivity index (χ0n) is 25.7. The van der Waals surface area contributed by atoms with Crippen LogP contribution in [0.15, 0.2) is 60.7 Å². The number of esters is 2. The van der Waals surface area contributed by atoms with Gasteiger partial charge in [-0.1, -0.05) is 60.7 Å². The number of piperidine rings is 2. The predicted octanol–water partition coefficient (Wildman–Crippen LogP) is 3.73. The Hall–Kier alpha value is -4.20. The Balaban J connectivity index is 1.56. The number of amides is 3. The summed E-state index contributed by atoms with van der Waals surface area (Å²) in [5.41, 5.74) is 1.61. The fraction of sp³-hybridized carbons (Fsp3) is 0.500. The number of hydrogen-bond donors (Lipinski definition) is 2. The molecule has 244 valence electrons. The summed E-state index contributed by atoms with van der Waals surface area (Å²) < 4.78 is 10.5. The Morgan fingerprint density at radius 3 is 1.87 bits per heavy atom. The van der Waals surface area contributed by atoms with E-state index in [-0.39, 0.29) is 58.3 Å². The van der Waals surface area contributed by atoms with Crippen molar-refractivity contribution in [2.24, 2.45) is 0 Å². The number of urea groups is 1. The molecule has 4 rings (SSSR count). The van der Waals surface area contributed by atoms with E-state index in [1.54, 1.807) is 13.8 Å². The van der Waals surface area contributed by atoms with Gasteiger partial charge in [-0.15, -0.1) is 0 Å². The van der Waals surface area contributed by atoms with Gasteiger partial charge in [-0.25, -0.2) is 14.4 Å². The van der Waals surface area contributed by atoms with Crippen molar-refractivity contribution in [3.63, 3.8) is 0 Å². The summed E-state index contributed by atoms with van der Waals surface area (Å²) >= 11 is 0. The number of carbonyl (C=O) groups is 4. The highest BCUT2D eigenvalue weighted by Crippen LogP contribution is 2.27. The molecule has 0 aliphatic carbocycles. The Morgan fingerprint density at radius 2 is 1.33 bits per heavy atom. The molecule has 13 nitrogen and oxygen atoms in total. The van der Waals surface area contributed by atoms with Gasteiger partial charge in [-0.3, -0.25) is 14.5 Å². The lowest BCUT2D eigenvalue weighted by molar-refractivity contribution is -0.190. The molecular formula is C32H42N4O9. The van der Waals surface area contributed by atoms with E-state index in [2.05, 4.69) is 5.32 Å². The number of hydrogen-bond acceptors (Lipinski definition) is 9. The Labute approximate surface area is 262 Å². The zero-order chi connectivity index (χ0) is 32.2. The molecule has 2 saturated heterocycles. The van der Waals surface area contributed by atoms with E-state index >= 15 is 0 Å². The third kappa shape index (κ3) is 9.16. The van der Waals surface area contributed by atoms with E-state index < -0.39 is 42.3 Å². The zero-order valence-corrected chi connectivity index (χ0v) is 25.7. The van der Waals surface area contributed by atoms with E-state index in [0.29, 0.717) is 12.8 Å². The van der Waals surface area contributed by atoms with Gasteiger partial charge in [0, 0.05) is 13.1 Å². The number of carboxylic acid groups (broad SMARTS) is 1. The van der Waals surface area contributed by atoms with Crippen molar-refractivity contribution in [2.45, 2.75) is 76.9 Å². The molecule has 2 heterocycles. The van der Waals surface area contributed by atoms with Crippen molar-refractivity contribution < 1.29 is 43.4 Å². The Morgan fingerprint density at radius 1 is 0.778 bits per heavy atom. The molecule has 0 saturated carbocycles. The first-order chi connectivity index (χ1) is 21.8. The SMILES string of the molecule is CCOC(=O)[C@@H]1CC[C@@H](N(OCc2ccccc2)C(=O)N2C[C@H](N(OCc3ccccc3)C(=O)O)CC[C@H]2C(=O)OCC)CN1. The second-order valence-electron chi connectivity index (χ2n) is 10.8. The quantitative estimate of drug-likeness (QED) is 0.264. The van der Waals surface area contributed by atoms with Crippen LogP contribution in [0.5, 0.6) is 0 Å². The van der Waals surface area contributed by atoms with Crippen molar-refractivity contribution in [3.8, 4) is 0 Å². The van der Waals surface area contributed by atoms with Crippen LogP contribution in [0.2, 0.25) is 0 Å². The molecular weight excluding hydrogens is 584 g/mol. The number of rotatable bonds is 12. The number of carbonyl (C=O) groups excluding carboxylic acids is 3. The molecule has 2 N–H and O–H groups in total. The summed E-state index contributed by atoms with van der Waals surface area (Å²) in [6.07, 6.45) is -0.0395. The average Bonchev–Trinajstić information content (AvgIpc) is 3.06. The van der Waals surface area contributed by atoms with Gasteiger partial charge < -0.3 is 24.8 Å². The maximum Gasteiger partial charge on any atom is 0.431 e. The minimum Gasteiger partial charge on any atom is -0.465 e. The van der Waals surface area contributed by atoms with Gasteiger partial charge in [0.25, 0.3) is 0 Å². The molecule has 2 aliphatic heterocycles. The van der Waals surface area contributed by atoms with Gasteiger partial charge in [0.05, 0.1) is 25.3 Å². The smallest absolute Gasteiger partial charge is 0.431 e. The number of nitrogens with one attached hydrogen (secondary N) is 1. The normalized spacial score (nSPS) is 21.4. The van der Waals surface area contributed by atoms with E-state index in [1.165, 1.54) is 9.96 Å². The summed E-state index contributed by atoms with van der Waals surface area (Å²) in [7, 11) is 0. The van der Waals surface area contributed by atoms with Gasteiger partial charge in [-0.2, -0.15) is 10.1 Å². The van der Waals surface area contributed by atoms with E-state index in [9.17, 15) is 24.3 Å². The first-order valence-electron chi connectivity index (χ1n) is 15.3. The molecule has 2 aliphatic rings. The van der Waals surface area contributed by atoms with Crippen LogP contribution < -0.4 is 5.32 Å². The largest absolute Gasteiger partial charge is 0.465 e. The molecule has 2 aromatic carbocycles. The van der Waals surface area contributed by atoms with Crippen LogP contribution in [0.4, 0.5) is 9.59 Å². The van der Waals surface area contributed by atoms with Gasteiger partial charge in [0.15, 0.2) is 0 Å². The topological polar surface area (TPSA) is 147 Å². The molecule has 3 amide bonds. The minimum absolute atomic E-state index is 0.0145. The average molecular weight is 627 g/mol. The molecule has 13 heteroatoms. The van der Waals surface area contributed by atoms with Crippen LogP contribution in [-0.4, -0.2) is 94.7 Å². The first-order valence-corrected chi connectivity index (χ1v) is 15.3. The summed E-state index contributed by atoms with van der Waals surface area (Å²) in [6, 6.07) is 15.2. The maximum absolute atomic E-state index is 14.4. The van der Waals surface area contributed by atoms with Crippen LogP contribution in [-0.2, 0) is 42.0 Å². The van der Waals surface area contributed by atoms with Crippen LogP contribution in [0.25, 0.3) is 0 Å². The number of hydroxylamine groups is 4. The lowest BCUT2D eigenvalue weighted by atomic mass is 9.97. The molecule has 4 atom stereocenters. The van der Waals surface area contributed by atoms with Crippen LogP contribution in [0.3, 0.4) is 0 Å². The number of ether oxygens (including phenoxy) is 2. The summed E-state index contributed by atoms with van der Waals surface area (Å²) in [6.45, 7) is 4.02. The van der Waals surface area contributed by atoms with Crippen LogP contribution in [0.1, 0.15) is 50.7 Å². The molecule has 2 fully saturated rings. The second kappa shape index (κ2) is 16.8. The van der Waals surface area contributed by atoms with Crippen molar-refractivity contribution in [1.82, 2.24) is 20.3 Å². The lowest BCUT2D eigenvalue weighted by Crippen LogP contribution is -2.62. The maximum atomic E-state index is 14.4. The van der Waals surface area contributed by atoms with Gasteiger partial charge in [-0.05, 0) is 50.7 Å². The molecule has 45 heavy (non-hydrogen) atoms. The molecule has 0 unspecified atom stereocenters. The Kier molecular flexibility index (Phi) is 12.5. The van der Waals surface area contributed by atoms with Crippen molar-refractivity contribution in [2.75, 3.05) is 26.3 Å². The fourth-order valence-corrected chi connectivity index (χ4v) is 5.52. The number of nitrogens with zero attached hydrogens (tertiary/aromatic N) is 3. The van der Waals surface area contributed by atoms with Crippen LogP contribution in [0, 0.1) is 0 Å². The summed E-state index contributed by atoms with van der Waals surface area (Å²) in [5.74, 6) is -0.937. The Bertz CT molecular complexity index is 1260. The lowest BCUT2D eigenvalue weighted by Gasteiger charge is -2.44. The fourth-order valence-electron chi connectivity index (χ4n) is 5.52. The molecule has 0 radical (unpaired) electrons. The highest BCUT2D eigenvalue weighted by Gasteiger charge is 2.44. The van der Waals surface area contributed by atoms with E-state index in [4.69, 9.17) is 19.1 Å². The van der Waals surface area contributed by atoms with Crippen molar-refractivity contribution in [3.05, 3.63) is 71.8 Å². The van der Waals surface area contributed by atoms with Crippen molar-refractivity contribution >= 4 is 24.1 Å². The van der Waals surface area contributed by atoms with Gasteiger partial charge in [0.1, 0.15) is 25.3 Å². The predicted molar refractivity (Wildman–Crippen MR) is 161 cm³/mol. The first kappa shape index (κ1) is 33.7. The molecule has 0 aromatic heterocycles. The van der Waals surface area contributed by atoms with Gasteiger partial charge in [0.2, 0.25) is 0 Å². The minimum atomic E-state index is -1.31.